The van der Waals surface area contributed by atoms with Crippen LogP contribution in [-0.2, 0) is 5.41 Å². The van der Waals surface area contributed by atoms with Gasteiger partial charge in [-0.05, 0) is 74.5 Å². The van der Waals surface area contributed by atoms with Gasteiger partial charge in [-0.3, -0.25) is 0 Å². The van der Waals surface area contributed by atoms with E-state index in [0.717, 1.165) is 11.1 Å². The number of nitriles is 1. The van der Waals surface area contributed by atoms with Crippen LogP contribution < -0.4 is 0 Å². The van der Waals surface area contributed by atoms with E-state index in [0.29, 0.717) is 5.56 Å². The van der Waals surface area contributed by atoms with E-state index in [9.17, 15) is 5.26 Å². The van der Waals surface area contributed by atoms with Crippen LogP contribution in [-0.4, -0.2) is 4.57 Å². The molecular weight excluding hydrogens is 532 g/mol. The molecule has 1 aromatic heterocycles. The lowest BCUT2D eigenvalue weighted by Crippen LogP contribution is -2.15. The Labute approximate surface area is 256 Å². The third-order valence-corrected chi connectivity index (χ3v) is 9.78. The minimum atomic E-state index is -0.0961. The molecule has 206 valence electrons. The zero-order valence-electron chi connectivity index (χ0n) is 24.6. The van der Waals surface area contributed by atoms with E-state index in [1.807, 2.05) is 18.2 Å². The van der Waals surface area contributed by atoms with Gasteiger partial charge in [0.25, 0.3) is 0 Å². The van der Waals surface area contributed by atoms with Crippen LogP contribution in [0.5, 0.6) is 0 Å². The fourth-order valence-corrected chi connectivity index (χ4v) is 7.81. The van der Waals surface area contributed by atoms with E-state index < -0.39 is 0 Å². The van der Waals surface area contributed by atoms with Gasteiger partial charge in [0, 0.05) is 27.0 Å². The molecule has 2 heteroatoms. The van der Waals surface area contributed by atoms with Gasteiger partial charge in [-0.25, -0.2) is 0 Å². The van der Waals surface area contributed by atoms with Crippen molar-refractivity contribution in [1.82, 2.24) is 4.57 Å². The van der Waals surface area contributed by atoms with Crippen molar-refractivity contribution in [2.75, 3.05) is 0 Å². The first-order valence-electron chi connectivity index (χ1n) is 15.2. The number of fused-ring (bicyclic) bond motifs is 8. The number of nitrogens with zero attached hydrogens (tertiary/aromatic N) is 2. The zero-order chi connectivity index (χ0) is 29.6. The van der Waals surface area contributed by atoms with Crippen molar-refractivity contribution in [3.05, 3.63) is 150 Å². The van der Waals surface area contributed by atoms with Gasteiger partial charge in [0.05, 0.1) is 28.4 Å². The number of hydrogen-bond acceptors (Lipinski definition) is 1. The highest BCUT2D eigenvalue weighted by Crippen LogP contribution is 2.51. The maximum Gasteiger partial charge on any atom is 0.0991 e. The smallest absolute Gasteiger partial charge is 0.0991 e. The highest BCUT2D eigenvalue weighted by atomic mass is 15.0. The average molecular weight is 561 g/mol. The molecule has 0 fully saturated rings. The molecule has 0 amide bonds. The van der Waals surface area contributed by atoms with Crippen LogP contribution in [0.1, 0.15) is 30.5 Å². The maximum atomic E-state index is 9.71. The van der Waals surface area contributed by atoms with Gasteiger partial charge in [0.2, 0.25) is 0 Å². The molecule has 1 aliphatic rings. The van der Waals surface area contributed by atoms with Crippen LogP contribution >= 0.6 is 0 Å². The third-order valence-electron chi connectivity index (χ3n) is 9.78. The normalized spacial score (nSPS) is 13.4. The van der Waals surface area contributed by atoms with E-state index in [1.165, 1.54) is 71.3 Å². The Bertz CT molecular complexity index is 2480. The highest BCUT2D eigenvalue weighted by Gasteiger charge is 2.36. The Balaban J connectivity index is 1.46. The van der Waals surface area contributed by atoms with Crippen molar-refractivity contribution >= 4 is 43.4 Å². The molecule has 0 aliphatic heterocycles. The first kappa shape index (κ1) is 24.9. The molecule has 0 radical (unpaired) electrons. The van der Waals surface area contributed by atoms with Gasteiger partial charge >= 0.3 is 0 Å². The predicted molar refractivity (Wildman–Crippen MR) is 184 cm³/mol. The summed E-state index contributed by atoms with van der Waals surface area (Å²) in [5, 5.41) is 17.0. The molecule has 7 aromatic carbocycles. The van der Waals surface area contributed by atoms with E-state index in [1.54, 1.807) is 0 Å². The van der Waals surface area contributed by atoms with Gasteiger partial charge in [0.1, 0.15) is 0 Å². The van der Waals surface area contributed by atoms with Gasteiger partial charge < -0.3 is 4.57 Å². The lowest BCUT2D eigenvalue weighted by atomic mass is 9.82. The molecule has 2 nitrogen and oxygen atoms in total. The summed E-state index contributed by atoms with van der Waals surface area (Å²) < 4.78 is 2.50. The molecule has 44 heavy (non-hydrogen) atoms. The van der Waals surface area contributed by atoms with Gasteiger partial charge in [0.15, 0.2) is 0 Å². The van der Waals surface area contributed by atoms with E-state index in [4.69, 9.17) is 0 Å². The molecule has 0 saturated heterocycles. The second-order valence-electron chi connectivity index (χ2n) is 12.4. The Morgan fingerprint density at radius 3 is 1.89 bits per heavy atom. The average Bonchev–Trinajstić information content (AvgIpc) is 3.50. The van der Waals surface area contributed by atoms with Crippen molar-refractivity contribution < 1.29 is 0 Å². The van der Waals surface area contributed by atoms with Crippen LogP contribution in [0.3, 0.4) is 0 Å². The van der Waals surface area contributed by atoms with Crippen molar-refractivity contribution in [3.8, 4) is 34.0 Å². The summed E-state index contributed by atoms with van der Waals surface area (Å²) in [6.07, 6.45) is 0. The van der Waals surface area contributed by atoms with Crippen LogP contribution in [0.25, 0.3) is 71.3 Å². The summed E-state index contributed by atoms with van der Waals surface area (Å²) in [7, 11) is 0. The van der Waals surface area contributed by atoms with Gasteiger partial charge in [-0.1, -0.05) is 117 Å². The van der Waals surface area contributed by atoms with Crippen molar-refractivity contribution in [3.63, 3.8) is 0 Å². The van der Waals surface area contributed by atoms with Crippen LogP contribution in [0.2, 0.25) is 0 Å². The predicted octanol–water partition coefficient (Wildman–Crippen LogP) is 10.9. The molecule has 0 atom stereocenters. The number of hydrogen-bond donors (Lipinski definition) is 0. The van der Waals surface area contributed by atoms with Gasteiger partial charge in [-0.15, -0.1) is 0 Å². The van der Waals surface area contributed by atoms with E-state index >= 15 is 0 Å². The minimum Gasteiger partial charge on any atom is -0.308 e. The van der Waals surface area contributed by atoms with Crippen molar-refractivity contribution in [2.24, 2.45) is 0 Å². The Hall–Kier alpha value is -5.65. The summed E-state index contributed by atoms with van der Waals surface area (Å²) in [6, 6.07) is 50.4. The molecule has 0 bridgehead atoms. The fourth-order valence-electron chi connectivity index (χ4n) is 7.81. The Morgan fingerprint density at radius 1 is 0.523 bits per heavy atom. The van der Waals surface area contributed by atoms with Crippen LogP contribution in [0.4, 0.5) is 0 Å². The first-order valence-corrected chi connectivity index (χ1v) is 15.2. The van der Waals surface area contributed by atoms with Crippen LogP contribution in [0.15, 0.2) is 133 Å². The first-order chi connectivity index (χ1) is 21.6. The molecule has 9 rings (SSSR count). The summed E-state index contributed by atoms with van der Waals surface area (Å²) in [5.74, 6) is 0. The molecule has 1 heterocycles. The summed E-state index contributed by atoms with van der Waals surface area (Å²) in [4.78, 5) is 0. The largest absolute Gasteiger partial charge is 0.308 e. The molecule has 0 N–H and O–H groups in total. The standard InChI is InChI=1S/C42H28N2/c1-42(2)36-20-9-7-14-28(36)34-23-35-29-15-8-10-21-38(29)44(39(35)24-37(34)42)41-32-18-5-3-16-30(32)40(31-17-4-6-19-33(31)41)27-13-11-12-26(22-27)25-43/h3-24H,1-2H3. The topological polar surface area (TPSA) is 28.7 Å². The number of para-hydroxylation sites is 1. The monoisotopic (exact) mass is 560 g/mol. The second kappa shape index (κ2) is 8.93. The Kier molecular flexibility index (Phi) is 5.05. The third kappa shape index (κ3) is 3.24. The number of aromatic nitrogens is 1. The lowest BCUT2D eigenvalue weighted by Gasteiger charge is -2.22. The number of rotatable bonds is 2. The van der Waals surface area contributed by atoms with Crippen molar-refractivity contribution in [2.45, 2.75) is 19.3 Å². The molecule has 8 aromatic rings. The quantitative estimate of drug-likeness (QED) is 0.193. The summed E-state index contributed by atoms with van der Waals surface area (Å²) in [5.41, 5.74) is 11.8. The highest BCUT2D eigenvalue weighted by molar-refractivity contribution is 6.21. The summed E-state index contributed by atoms with van der Waals surface area (Å²) >= 11 is 0. The summed E-state index contributed by atoms with van der Waals surface area (Å²) in [6.45, 7) is 4.71. The zero-order valence-corrected chi connectivity index (χ0v) is 24.6. The molecular formula is C42H28N2. The maximum absolute atomic E-state index is 9.71. The lowest BCUT2D eigenvalue weighted by molar-refractivity contribution is 0.661. The van der Waals surface area contributed by atoms with Crippen LogP contribution in [0, 0.1) is 11.3 Å². The Morgan fingerprint density at radius 2 is 1.16 bits per heavy atom. The minimum absolute atomic E-state index is 0.0961. The second-order valence-corrected chi connectivity index (χ2v) is 12.4. The fraction of sp³-hybridized carbons (Fsp3) is 0.0714. The molecule has 0 saturated carbocycles. The van der Waals surface area contributed by atoms with Gasteiger partial charge in [-0.2, -0.15) is 5.26 Å². The van der Waals surface area contributed by atoms with E-state index in [2.05, 4.69) is 140 Å². The molecule has 1 aliphatic carbocycles. The SMILES string of the molecule is CC1(C)c2ccccc2-c2cc3c4ccccc4n(-c4c5ccccc5c(-c5cccc(C#N)c5)c5ccccc45)c3cc21. The molecule has 0 spiro atoms. The van der Waals surface area contributed by atoms with Crippen molar-refractivity contribution in [1.29, 1.82) is 5.26 Å². The molecule has 0 unspecified atom stereocenters. The van der Waals surface area contributed by atoms with E-state index in [-0.39, 0.29) is 5.41 Å². The number of benzene rings is 7.